The van der Waals surface area contributed by atoms with Gasteiger partial charge in [0.05, 0.1) is 0 Å². The lowest BCUT2D eigenvalue weighted by Gasteiger charge is -2.05. The van der Waals surface area contributed by atoms with Crippen LogP contribution in [0.3, 0.4) is 0 Å². The van der Waals surface area contributed by atoms with Gasteiger partial charge in [-0.25, -0.2) is 0 Å². The van der Waals surface area contributed by atoms with Crippen molar-refractivity contribution in [3.63, 3.8) is 0 Å². The van der Waals surface area contributed by atoms with Crippen LogP contribution in [-0.4, -0.2) is 10.1 Å². The average molecular weight is 254 g/mol. The Kier molecular flexibility index (Phi) is 2.76. The Labute approximate surface area is 110 Å². The van der Waals surface area contributed by atoms with E-state index in [9.17, 15) is 5.11 Å². The molecule has 1 heterocycles. The number of aromatic hydroxyl groups is 1. The number of hydrogen-bond donors (Lipinski definition) is 3. The molecule has 2 aromatic carbocycles. The molecule has 0 bridgehead atoms. The van der Waals surface area contributed by atoms with E-state index in [2.05, 4.69) is 4.98 Å². The lowest BCUT2D eigenvalue weighted by atomic mass is 10.1. The molecule has 3 rings (SSSR count). The number of ether oxygens (including phenoxy) is 1. The zero-order valence-corrected chi connectivity index (χ0v) is 10.3. The van der Waals surface area contributed by atoms with E-state index in [-0.39, 0.29) is 5.75 Å². The first-order valence-electron chi connectivity index (χ1n) is 6.00. The first-order chi connectivity index (χ1) is 9.22. The van der Waals surface area contributed by atoms with Gasteiger partial charge in [0.1, 0.15) is 18.1 Å². The van der Waals surface area contributed by atoms with Crippen molar-refractivity contribution in [2.45, 2.75) is 6.61 Å². The predicted octanol–water partition coefficient (Wildman–Crippen LogP) is 3.03. The lowest BCUT2D eigenvalue weighted by molar-refractivity contribution is 0.306. The molecule has 0 unspecified atom stereocenters. The van der Waals surface area contributed by atoms with Crippen LogP contribution in [0.25, 0.3) is 10.9 Å². The van der Waals surface area contributed by atoms with Gasteiger partial charge in [0.25, 0.3) is 0 Å². The maximum absolute atomic E-state index is 9.38. The van der Waals surface area contributed by atoms with Gasteiger partial charge in [0, 0.05) is 34.4 Å². The number of phenolic OH excluding ortho intramolecular Hbond substituents is 1. The molecule has 0 saturated heterocycles. The fraction of sp³-hybridized carbons (Fsp3) is 0.0667. The van der Waals surface area contributed by atoms with Crippen LogP contribution in [0.5, 0.6) is 11.5 Å². The first-order valence-corrected chi connectivity index (χ1v) is 6.00. The Hall–Kier alpha value is -2.62. The fourth-order valence-corrected chi connectivity index (χ4v) is 2.05. The van der Waals surface area contributed by atoms with Gasteiger partial charge < -0.3 is 20.6 Å². The Bertz CT molecular complexity index is 719. The molecule has 0 saturated carbocycles. The number of hydrogen-bond acceptors (Lipinski definition) is 3. The Morgan fingerprint density at radius 1 is 1.16 bits per heavy atom. The number of phenols is 1. The van der Waals surface area contributed by atoms with E-state index < -0.39 is 0 Å². The van der Waals surface area contributed by atoms with E-state index in [1.165, 1.54) is 0 Å². The predicted molar refractivity (Wildman–Crippen MR) is 75.1 cm³/mol. The zero-order valence-electron chi connectivity index (χ0n) is 10.3. The van der Waals surface area contributed by atoms with E-state index in [4.69, 9.17) is 10.5 Å². The van der Waals surface area contributed by atoms with Gasteiger partial charge >= 0.3 is 0 Å². The molecule has 0 aliphatic heterocycles. The maximum Gasteiger partial charge on any atom is 0.123 e. The van der Waals surface area contributed by atoms with E-state index in [1.54, 1.807) is 18.2 Å². The molecule has 0 fully saturated rings. The number of nitrogens with one attached hydrogen (secondary N) is 1. The summed E-state index contributed by atoms with van der Waals surface area (Å²) in [6, 6.07) is 12.5. The zero-order chi connectivity index (χ0) is 13.2. The fourth-order valence-electron chi connectivity index (χ4n) is 2.05. The molecule has 0 spiro atoms. The second-order valence-electron chi connectivity index (χ2n) is 4.40. The lowest BCUT2D eigenvalue weighted by Crippen LogP contribution is -1.94. The van der Waals surface area contributed by atoms with E-state index >= 15 is 0 Å². The summed E-state index contributed by atoms with van der Waals surface area (Å²) >= 11 is 0. The topological polar surface area (TPSA) is 71.3 Å². The van der Waals surface area contributed by atoms with Crippen molar-refractivity contribution >= 4 is 16.6 Å². The Morgan fingerprint density at radius 3 is 2.89 bits per heavy atom. The third kappa shape index (κ3) is 2.33. The van der Waals surface area contributed by atoms with Gasteiger partial charge in [-0.3, -0.25) is 0 Å². The summed E-state index contributed by atoms with van der Waals surface area (Å²) in [5.74, 6) is 0.832. The molecule has 0 atom stereocenters. The normalized spacial score (nSPS) is 10.7. The molecule has 4 nitrogen and oxygen atoms in total. The minimum absolute atomic E-state index is 0.195. The van der Waals surface area contributed by atoms with Crippen LogP contribution in [0, 0.1) is 0 Å². The van der Waals surface area contributed by atoms with Crippen molar-refractivity contribution in [3.05, 3.63) is 54.2 Å². The van der Waals surface area contributed by atoms with Gasteiger partial charge in [-0.05, 0) is 30.3 Å². The third-order valence-electron chi connectivity index (χ3n) is 3.00. The molecule has 19 heavy (non-hydrogen) atoms. The molecule has 4 heteroatoms. The van der Waals surface area contributed by atoms with Crippen molar-refractivity contribution in [2.75, 3.05) is 5.73 Å². The number of aromatic nitrogens is 1. The van der Waals surface area contributed by atoms with Gasteiger partial charge in [-0.1, -0.05) is 6.07 Å². The second-order valence-corrected chi connectivity index (χ2v) is 4.40. The monoisotopic (exact) mass is 254 g/mol. The average Bonchev–Trinajstić information content (AvgIpc) is 2.79. The molecular weight excluding hydrogens is 240 g/mol. The van der Waals surface area contributed by atoms with E-state index in [0.717, 1.165) is 22.2 Å². The number of H-pyrrole nitrogens is 1. The summed E-state index contributed by atoms with van der Waals surface area (Å²) in [5, 5.41) is 10.4. The smallest absolute Gasteiger partial charge is 0.123 e. The summed E-state index contributed by atoms with van der Waals surface area (Å²) in [5.41, 5.74) is 8.58. The van der Waals surface area contributed by atoms with E-state index in [1.807, 2.05) is 30.5 Å². The number of anilines is 1. The highest BCUT2D eigenvalue weighted by molar-refractivity contribution is 5.85. The molecule has 3 aromatic rings. The number of nitrogens with two attached hydrogens (primary N) is 1. The van der Waals surface area contributed by atoms with Crippen LogP contribution in [0.4, 0.5) is 5.69 Å². The van der Waals surface area contributed by atoms with Crippen molar-refractivity contribution < 1.29 is 9.84 Å². The van der Waals surface area contributed by atoms with Crippen LogP contribution < -0.4 is 10.5 Å². The van der Waals surface area contributed by atoms with Crippen molar-refractivity contribution in [3.8, 4) is 11.5 Å². The minimum Gasteiger partial charge on any atom is -0.508 e. The molecule has 0 amide bonds. The molecule has 0 radical (unpaired) electrons. The summed E-state index contributed by atoms with van der Waals surface area (Å²) < 4.78 is 5.66. The minimum atomic E-state index is 0.195. The van der Waals surface area contributed by atoms with Gasteiger partial charge in [0.15, 0.2) is 0 Å². The number of aromatic amines is 1. The van der Waals surface area contributed by atoms with Crippen molar-refractivity contribution in [2.24, 2.45) is 0 Å². The van der Waals surface area contributed by atoms with Crippen LogP contribution in [-0.2, 0) is 6.61 Å². The van der Waals surface area contributed by atoms with Crippen LogP contribution in [0.2, 0.25) is 0 Å². The number of benzene rings is 2. The SMILES string of the molecule is Nc1ccc2[nH]cc(COc3cccc(O)c3)c2c1. The number of fused-ring (bicyclic) bond motifs is 1. The molecule has 0 aliphatic carbocycles. The summed E-state index contributed by atoms with van der Waals surface area (Å²) in [4.78, 5) is 3.18. The van der Waals surface area contributed by atoms with Crippen molar-refractivity contribution in [1.29, 1.82) is 0 Å². The summed E-state index contributed by atoms with van der Waals surface area (Å²) in [7, 11) is 0. The highest BCUT2D eigenvalue weighted by Crippen LogP contribution is 2.23. The van der Waals surface area contributed by atoms with Gasteiger partial charge in [-0.15, -0.1) is 0 Å². The van der Waals surface area contributed by atoms with Crippen LogP contribution >= 0.6 is 0 Å². The van der Waals surface area contributed by atoms with Gasteiger partial charge in [-0.2, -0.15) is 0 Å². The standard InChI is InChI=1S/C15H14N2O2/c16-11-4-5-15-14(6-11)10(8-17-15)9-19-13-3-1-2-12(18)7-13/h1-8,17-18H,9,16H2. The number of nitrogen functional groups attached to an aromatic ring is 1. The molecule has 96 valence electrons. The van der Waals surface area contributed by atoms with Crippen LogP contribution in [0.15, 0.2) is 48.7 Å². The summed E-state index contributed by atoms with van der Waals surface area (Å²) in [6.07, 6.45) is 1.91. The quantitative estimate of drug-likeness (QED) is 0.629. The largest absolute Gasteiger partial charge is 0.508 e. The van der Waals surface area contributed by atoms with Gasteiger partial charge in [0.2, 0.25) is 0 Å². The first kappa shape index (κ1) is 11.5. The highest BCUT2D eigenvalue weighted by atomic mass is 16.5. The molecular formula is C15H14N2O2. The highest BCUT2D eigenvalue weighted by Gasteiger charge is 2.05. The molecule has 0 aliphatic rings. The van der Waals surface area contributed by atoms with Crippen molar-refractivity contribution in [1.82, 2.24) is 4.98 Å². The van der Waals surface area contributed by atoms with Crippen LogP contribution in [0.1, 0.15) is 5.56 Å². The van der Waals surface area contributed by atoms with E-state index in [0.29, 0.717) is 12.4 Å². The Morgan fingerprint density at radius 2 is 2.05 bits per heavy atom. The number of rotatable bonds is 3. The third-order valence-corrected chi connectivity index (χ3v) is 3.00. The molecule has 4 N–H and O–H groups in total. The second kappa shape index (κ2) is 4.57. The maximum atomic E-state index is 9.38. The molecule has 1 aromatic heterocycles. The Balaban J connectivity index is 1.84. The summed E-state index contributed by atoms with van der Waals surface area (Å²) in [6.45, 7) is 0.424.